The Labute approximate surface area is 131 Å². The number of rotatable bonds is 4. The summed E-state index contributed by atoms with van der Waals surface area (Å²) in [5.74, 6) is -1.18. The minimum atomic E-state index is -3.85. The van der Waals surface area contributed by atoms with Crippen LogP contribution in [0.15, 0.2) is 21.5 Å². The third kappa shape index (κ3) is 2.98. The predicted octanol–water partition coefficient (Wildman–Crippen LogP) is 1.60. The molecule has 1 fully saturated rings. The molecule has 1 heterocycles. The Morgan fingerprint density at radius 3 is 2.71 bits per heavy atom. The van der Waals surface area contributed by atoms with Gasteiger partial charge < -0.3 is 10.2 Å². The highest BCUT2D eigenvalue weighted by molar-refractivity contribution is 9.10. The number of hydrogen-bond acceptors (Lipinski definition) is 4. The van der Waals surface area contributed by atoms with E-state index in [4.69, 9.17) is 5.11 Å². The van der Waals surface area contributed by atoms with Gasteiger partial charge in [0, 0.05) is 17.1 Å². The molecule has 0 aliphatic carbocycles. The monoisotopic (exact) mass is 377 g/mol. The van der Waals surface area contributed by atoms with Crippen LogP contribution in [0.25, 0.3) is 0 Å². The number of carbonyl (C=O) groups is 1. The first-order valence-corrected chi connectivity index (χ1v) is 8.68. The van der Waals surface area contributed by atoms with Crippen LogP contribution in [0.1, 0.15) is 28.8 Å². The van der Waals surface area contributed by atoms with Gasteiger partial charge in [-0.1, -0.05) is 0 Å². The van der Waals surface area contributed by atoms with Crippen molar-refractivity contribution in [2.75, 3.05) is 13.2 Å². The highest BCUT2D eigenvalue weighted by Crippen LogP contribution is 2.33. The summed E-state index contributed by atoms with van der Waals surface area (Å²) in [7, 11) is -3.85. The lowest BCUT2D eigenvalue weighted by molar-refractivity contribution is 0.0696. The van der Waals surface area contributed by atoms with Crippen LogP contribution in [0, 0.1) is 6.92 Å². The summed E-state index contributed by atoms with van der Waals surface area (Å²) in [5.41, 5.74) is 0.460. The number of halogens is 1. The number of aliphatic hydroxyl groups excluding tert-OH is 1. The van der Waals surface area contributed by atoms with E-state index in [0.717, 1.165) is 6.07 Å². The number of sulfonamides is 1. The maximum atomic E-state index is 12.7. The summed E-state index contributed by atoms with van der Waals surface area (Å²) in [6.45, 7) is 1.73. The Bertz CT molecular complexity index is 673. The predicted molar refractivity (Wildman–Crippen MR) is 79.8 cm³/mol. The van der Waals surface area contributed by atoms with Crippen molar-refractivity contribution >= 4 is 31.9 Å². The van der Waals surface area contributed by atoms with E-state index in [0.29, 0.717) is 29.4 Å². The Morgan fingerprint density at radius 1 is 1.48 bits per heavy atom. The molecule has 6 nitrogen and oxygen atoms in total. The maximum Gasteiger partial charge on any atom is 0.335 e. The smallest absolute Gasteiger partial charge is 0.335 e. The lowest BCUT2D eigenvalue weighted by Crippen LogP contribution is -2.37. The van der Waals surface area contributed by atoms with Gasteiger partial charge in [-0.2, -0.15) is 4.31 Å². The molecule has 8 heteroatoms. The van der Waals surface area contributed by atoms with Crippen molar-refractivity contribution in [1.29, 1.82) is 0 Å². The van der Waals surface area contributed by atoms with E-state index in [1.165, 1.54) is 10.4 Å². The Balaban J connectivity index is 2.56. The van der Waals surface area contributed by atoms with Crippen LogP contribution in [0.2, 0.25) is 0 Å². The van der Waals surface area contributed by atoms with Crippen molar-refractivity contribution in [3.8, 4) is 0 Å². The zero-order valence-electron chi connectivity index (χ0n) is 11.4. The highest BCUT2D eigenvalue weighted by atomic mass is 79.9. The van der Waals surface area contributed by atoms with Crippen LogP contribution in [-0.4, -0.2) is 48.1 Å². The molecule has 1 aliphatic heterocycles. The summed E-state index contributed by atoms with van der Waals surface area (Å²) in [6.07, 6.45) is 1.28. The fourth-order valence-electron chi connectivity index (χ4n) is 2.48. The van der Waals surface area contributed by atoms with E-state index in [9.17, 15) is 18.3 Å². The van der Waals surface area contributed by atoms with Gasteiger partial charge in [-0.05, 0) is 53.4 Å². The summed E-state index contributed by atoms with van der Waals surface area (Å²) in [5, 5.41) is 18.4. The minimum Gasteiger partial charge on any atom is -0.478 e. The topological polar surface area (TPSA) is 94.9 Å². The molecule has 1 saturated heterocycles. The molecular formula is C13H16BrNO5S. The summed E-state index contributed by atoms with van der Waals surface area (Å²) in [4.78, 5) is 11.1. The molecule has 0 amide bonds. The summed E-state index contributed by atoms with van der Waals surface area (Å²) in [6, 6.07) is 2.12. The fraction of sp³-hybridized carbons (Fsp3) is 0.462. The van der Waals surface area contributed by atoms with Gasteiger partial charge in [0.1, 0.15) is 0 Å². The molecule has 0 saturated carbocycles. The maximum absolute atomic E-state index is 12.7. The van der Waals surface area contributed by atoms with E-state index in [2.05, 4.69) is 15.9 Å². The zero-order valence-corrected chi connectivity index (χ0v) is 13.8. The third-order valence-electron chi connectivity index (χ3n) is 3.59. The van der Waals surface area contributed by atoms with Gasteiger partial charge in [-0.25, -0.2) is 13.2 Å². The van der Waals surface area contributed by atoms with Crippen molar-refractivity contribution in [2.45, 2.75) is 30.7 Å². The standard InChI is InChI=1S/C13H16BrNO5S/c1-8-5-9(13(17)18)6-11(12(8)14)21(19,20)15-4-2-3-10(15)7-16/h5-6,10,16H,2-4,7H2,1H3,(H,17,18). The van der Waals surface area contributed by atoms with Crippen molar-refractivity contribution < 1.29 is 23.4 Å². The van der Waals surface area contributed by atoms with Gasteiger partial charge in [-0.15, -0.1) is 0 Å². The zero-order chi connectivity index (χ0) is 15.8. The van der Waals surface area contributed by atoms with E-state index in [1.54, 1.807) is 6.92 Å². The third-order valence-corrected chi connectivity index (χ3v) is 6.88. The Kier molecular flexibility index (Phi) is 4.72. The molecule has 1 aromatic carbocycles. The summed E-state index contributed by atoms with van der Waals surface area (Å²) < 4.78 is 27.1. The summed E-state index contributed by atoms with van der Waals surface area (Å²) >= 11 is 3.23. The molecule has 0 bridgehead atoms. The molecule has 21 heavy (non-hydrogen) atoms. The van der Waals surface area contributed by atoms with Crippen LogP contribution >= 0.6 is 15.9 Å². The van der Waals surface area contributed by atoms with Gasteiger partial charge >= 0.3 is 5.97 Å². The van der Waals surface area contributed by atoms with Crippen LogP contribution in [0.5, 0.6) is 0 Å². The number of benzene rings is 1. The minimum absolute atomic E-state index is 0.0692. The van der Waals surface area contributed by atoms with Crippen LogP contribution in [-0.2, 0) is 10.0 Å². The number of aryl methyl sites for hydroxylation is 1. The van der Waals surface area contributed by atoms with E-state index < -0.39 is 22.0 Å². The van der Waals surface area contributed by atoms with E-state index in [-0.39, 0.29) is 17.1 Å². The molecule has 1 atom stereocenters. The Hall–Kier alpha value is -0.960. The number of carboxylic acids is 1. The second kappa shape index (κ2) is 6.04. The number of carboxylic acid groups (broad SMARTS) is 1. The molecule has 1 unspecified atom stereocenters. The van der Waals surface area contributed by atoms with E-state index in [1.807, 2.05) is 0 Å². The molecule has 1 aromatic rings. The molecule has 0 spiro atoms. The molecule has 0 radical (unpaired) electrons. The van der Waals surface area contributed by atoms with Gasteiger partial charge in [0.05, 0.1) is 17.1 Å². The Morgan fingerprint density at radius 2 is 2.14 bits per heavy atom. The molecule has 116 valence electrons. The van der Waals surface area contributed by atoms with Crippen molar-refractivity contribution in [3.05, 3.63) is 27.7 Å². The second-order valence-electron chi connectivity index (χ2n) is 5.00. The molecule has 2 rings (SSSR count). The number of nitrogens with zero attached hydrogens (tertiary/aromatic N) is 1. The van der Waals surface area contributed by atoms with Crippen LogP contribution in [0.4, 0.5) is 0 Å². The first-order chi connectivity index (χ1) is 9.78. The first-order valence-electron chi connectivity index (χ1n) is 6.45. The fourth-order valence-corrected chi connectivity index (χ4v) is 5.18. The number of hydrogen-bond donors (Lipinski definition) is 2. The first kappa shape index (κ1) is 16.4. The van der Waals surface area contributed by atoms with Gasteiger partial charge in [0.2, 0.25) is 10.0 Å². The van der Waals surface area contributed by atoms with Crippen molar-refractivity contribution in [3.63, 3.8) is 0 Å². The van der Waals surface area contributed by atoms with Gasteiger partial charge in [0.25, 0.3) is 0 Å². The van der Waals surface area contributed by atoms with Gasteiger partial charge in [0.15, 0.2) is 0 Å². The van der Waals surface area contributed by atoms with Crippen molar-refractivity contribution in [2.24, 2.45) is 0 Å². The SMILES string of the molecule is Cc1cc(C(=O)O)cc(S(=O)(=O)N2CCCC2CO)c1Br. The quantitative estimate of drug-likeness (QED) is 0.830. The van der Waals surface area contributed by atoms with Gasteiger partial charge in [-0.3, -0.25) is 0 Å². The van der Waals surface area contributed by atoms with Crippen LogP contribution < -0.4 is 0 Å². The van der Waals surface area contributed by atoms with Crippen LogP contribution in [0.3, 0.4) is 0 Å². The lowest BCUT2D eigenvalue weighted by atomic mass is 10.1. The van der Waals surface area contributed by atoms with Crippen molar-refractivity contribution in [1.82, 2.24) is 4.31 Å². The number of aliphatic hydroxyl groups is 1. The molecule has 2 N–H and O–H groups in total. The highest BCUT2D eigenvalue weighted by Gasteiger charge is 2.36. The largest absolute Gasteiger partial charge is 0.478 e. The second-order valence-corrected chi connectivity index (χ2v) is 7.66. The van der Waals surface area contributed by atoms with E-state index >= 15 is 0 Å². The lowest BCUT2D eigenvalue weighted by Gasteiger charge is -2.23. The molecule has 1 aliphatic rings. The average Bonchev–Trinajstić information content (AvgIpc) is 2.90. The molecule has 0 aromatic heterocycles. The number of aromatic carboxylic acids is 1. The normalized spacial score (nSPS) is 19.9. The average molecular weight is 378 g/mol. The molecular weight excluding hydrogens is 362 g/mol.